The fraction of sp³-hybridized carbons (Fsp3) is 0.220. The van der Waals surface area contributed by atoms with Gasteiger partial charge in [0, 0.05) is 42.4 Å². The first kappa shape index (κ1) is 78.5. The van der Waals surface area contributed by atoms with E-state index in [0.29, 0.717) is 29.6 Å². The van der Waals surface area contributed by atoms with Gasteiger partial charge in [0.1, 0.15) is 30.4 Å². The van der Waals surface area contributed by atoms with Crippen LogP contribution in [0.1, 0.15) is 16.7 Å². The standard InChI is InChI=1S/C41H46N12O19S5.5Na/c1-24-2-11-34(76(63,64)65)31(20-24)45-39-47-37(49-41(51-39)53(14-18-56)15-19-57)43-28-8-6-26(35(22-28)77(66,67)68)4-3-25-5-7-27(21-33(25)74-72-70-59)42-36-46-38(50-40(48-36)52(12-16-54)13-17-55)44-30-23-29(75(60,61)62)9-10-32(30)73-71-69-58;;;;;/h2-11,20-23,54-59H,12-19H2,1H3,(H,60,61,62)(H,63,64,65)(H,66,67,68)(H2,42,44,46,48,50)(H2,43,45,47,49,51);;;;;/q;5*+1/p-5. The van der Waals surface area contributed by atoms with E-state index < -0.39 is 71.5 Å². The number of hydrogen-bond donors (Lipinski definition) is 8. The summed E-state index contributed by atoms with van der Waals surface area (Å²) in [4.78, 5) is 26.5. The molecule has 0 spiro atoms. The topological polar surface area (TPSA) is 468 Å². The minimum atomic E-state index is -5.26. The quantitative estimate of drug-likeness (QED) is 0.00540. The van der Waals surface area contributed by atoms with Crippen molar-refractivity contribution in [2.75, 3.05) is 83.7 Å². The molecular weight excluding hydrogens is 1240 g/mol. The summed E-state index contributed by atoms with van der Waals surface area (Å²) < 4.78 is 119. The van der Waals surface area contributed by atoms with Crippen LogP contribution in [-0.2, 0) is 49.1 Å². The van der Waals surface area contributed by atoms with E-state index in [-0.39, 0.29) is 253 Å². The first-order chi connectivity index (χ1) is 36.6. The normalized spacial score (nSPS) is 11.2. The smallest absolute Gasteiger partial charge is 0.744 e. The van der Waals surface area contributed by atoms with E-state index in [2.05, 4.69) is 69.9 Å². The third-order valence-corrected chi connectivity index (χ3v) is 13.9. The Morgan fingerprint density at radius 2 is 0.939 bits per heavy atom. The van der Waals surface area contributed by atoms with Gasteiger partial charge in [0.25, 0.3) is 0 Å². The van der Waals surface area contributed by atoms with Gasteiger partial charge in [0.2, 0.25) is 35.7 Å². The van der Waals surface area contributed by atoms with Crippen molar-refractivity contribution < 1.29 is 236 Å². The van der Waals surface area contributed by atoms with Crippen LogP contribution >= 0.6 is 24.1 Å². The molecule has 6 aromatic rings. The fourth-order valence-electron chi connectivity index (χ4n) is 6.70. The summed E-state index contributed by atoms with van der Waals surface area (Å²) in [6.45, 7) is -0.450. The largest absolute Gasteiger partial charge is 1.00 e. The molecule has 0 saturated heterocycles. The molecule has 0 bridgehead atoms. The second-order valence-corrected chi connectivity index (χ2v) is 20.8. The van der Waals surface area contributed by atoms with Gasteiger partial charge < -0.3 is 75.7 Å². The molecule has 8 N–H and O–H groups in total. The third kappa shape index (κ3) is 23.5. The Labute approximate surface area is 588 Å². The van der Waals surface area contributed by atoms with Gasteiger partial charge >= 0.3 is 148 Å². The first-order valence-electron chi connectivity index (χ1n) is 21.5. The summed E-state index contributed by atoms with van der Waals surface area (Å²) in [5.41, 5.74) is 0.391. The van der Waals surface area contributed by atoms with E-state index >= 15 is 0 Å². The molecule has 0 fully saturated rings. The average molecular weight is 1280 g/mol. The molecule has 0 aliphatic carbocycles. The van der Waals surface area contributed by atoms with Crippen LogP contribution in [0.25, 0.3) is 12.2 Å². The summed E-state index contributed by atoms with van der Waals surface area (Å²) >= 11 is 0.743. The minimum Gasteiger partial charge on any atom is -0.744 e. The molecule has 6 rings (SSSR count). The number of benzene rings is 4. The van der Waals surface area contributed by atoms with Crippen LogP contribution in [0.15, 0.2) is 97.3 Å². The Morgan fingerprint density at radius 3 is 1.40 bits per heavy atom. The van der Waals surface area contributed by atoms with E-state index in [1.165, 1.54) is 64.4 Å². The number of nitrogens with one attached hydrogen (secondary N) is 4. The molecule has 2 aromatic heterocycles. The van der Waals surface area contributed by atoms with Gasteiger partial charge in [-0.1, -0.05) is 30.4 Å². The Kier molecular flexibility index (Phi) is 35.7. The number of rotatable bonds is 29. The number of aliphatic hydroxyl groups excluding tert-OH is 4. The molecule has 82 heavy (non-hydrogen) atoms. The number of aliphatic hydroxyl groups is 4. The van der Waals surface area contributed by atoms with Gasteiger partial charge in [0.05, 0.1) is 81.5 Å². The Morgan fingerprint density at radius 1 is 0.500 bits per heavy atom. The number of anilines is 10. The Bertz CT molecular complexity index is 3420. The minimum absolute atomic E-state index is 0. The van der Waals surface area contributed by atoms with E-state index in [9.17, 15) is 69.9 Å². The van der Waals surface area contributed by atoms with Gasteiger partial charge in [-0.3, -0.25) is 10.1 Å². The van der Waals surface area contributed by atoms with E-state index in [4.69, 9.17) is 0 Å². The molecule has 0 amide bonds. The van der Waals surface area contributed by atoms with Crippen molar-refractivity contribution >= 4 is 125 Å². The van der Waals surface area contributed by atoms with Gasteiger partial charge in [-0.05, 0) is 78.2 Å². The van der Waals surface area contributed by atoms with Crippen molar-refractivity contribution in [3.05, 3.63) is 89.5 Å². The molecular formula is C41H41N12Na5O19S5. The molecule has 31 nitrogen and oxygen atoms in total. The monoisotopic (exact) mass is 1280 g/mol. The second-order valence-electron chi connectivity index (χ2n) is 15.2. The molecule has 2 heterocycles. The second kappa shape index (κ2) is 37.3. The maximum atomic E-state index is 12.8. The van der Waals surface area contributed by atoms with E-state index in [1.54, 1.807) is 6.92 Å². The first-order valence-corrected chi connectivity index (χ1v) is 27.3. The predicted octanol–water partition coefficient (Wildman–Crippen LogP) is -14.7. The molecule has 0 saturated carbocycles. The van der Waals surface area contributed by atoms with Crippen LogP contribution in [-0.4, -0.2) is 142 Å². The van der Waals surface area contributed by atoms with Crippen LogP contribution in [0.5, 0.6) is 0 Å². The molecule has 0 atom stereocenters. The molecule has 0 unspecified atom stereocenters. The molecule has 414 valence electrons. The van der Waals surface area contributed by atoms with Crippen LogP contribution in [0, 0.1) is 6.92 Å². The van der Waals surface area contributed by atoms with E-state index in [0.717, 1.165) is 30.3 Å². The van der Waals surface area contributed by atoms with Gasteiger partial charge in [0.15, 0.2) is 0 Å². The fourth-order valence-corrected chi connectivity index (χ4v) is 9.44. The zero-order valence-corrected chi connectivity index (χ0v) is 58.4. The number of aryl methyl sites for hydroxylation is 1. The Balaban J connectivity index is 0.00000672. The summed E-state index contributed by atoms with van der Waals surface area (Å²) in [5, 5.41) is 78.5. The summed E-state index contributed by atoms with van der Waals surface area (Å²) in [6.07, 6.45) is 2.60. The van der Waals surface area contributed by atoms with Crippen molar-refractivity contribution in [3.63, 3.8) is 0 Å². The van der Waals surface area contributed by atoms with Crippen LogP contribution in [0.2, 0.25) is 0 Å². The van der Waals surface area contributed by atoms with Crippen molar-refractivity contribution in [1.29, 1.82) is 0 Å². The van der Waals surface area contributed by atoms with Gasteiger partial charge in [-0.25, -0.2) is 25.3 Å². The van der Waals surface area contributed by atoms with Gasteiger partial charge in [-0.15, -0.1) is 0 Å². The van der Waals surface area contributed by atoms with Gasteiger partial charge in [-0.2, -0.15) is 38.6 Å². The van der Waals surface area contributed by atoms with Crippen molar-refractivity contribution in [1.82, 2.24) is 29.9 Å². The molecule has 4 aromatic carbocycles. The number of nitrogens with zero attached hydrogens (tertiary/aromatic N) is 8. The van der Waals surface area contributed by atoms with Crippen molar-refractivity contribution in [2.45, 2.75) is 31.4 Å². The van der Waals surface area contributed by atoms with Crippen LogP contribution < -0.4 is 189 Å². The van der Waals surface area contributed by atoms with Crippen molar-refractivity contribution in [2.24, 2.45) is 0 Å². The molecule has 0 aliphatic heterocycles. The maximum absolute atomic E-state index is 12.8. The van der Waals surface area contributed by atoms with Crippen LogP contribution in [0.4, 0.5) is 58.4 Å². The van der Waals surface area contributed by atoms with Crippen molar-refractivity contribution in [3.8, 4) is 0 Å². The molecule has 0 radical (unpaired) electrons. The number of hydrogen-bond acceptors (Lipinski definition) is 33. The molecule has 0 aliphatic rings. The SMILES string of the molecule is Cc1ccc(S(=O)(=O)[O-])c(Nc2nc(Nc3ccc(C=Cc4ccc(Nc5nc(Nc6cc(S(=O)(=O)[O-])ccc6SOO[O-])nc(N(CCO)CCO)n5)cc4SOO[O-])c(S(=O)(=O)[O-])c3)nc(N(CCO)CCO)n2)c1.[Na+].[Na+].[Na+].[Na+].[Na+]. The van der Waals surface area contributed by atoms with Crippen LogP contribution in [0.3, 0.4) is 0 Å². The summed E-state index contributed by atoms with van der Waals surface area (Å²) in [5.74, 6) is -1.50. The average Bonchev–Trinajstić information content (AvgIpc) is 3.37. The summed E-state index contributed by atoms with van der Waals surface area (Å²) in [7, 11) is -15.3. The maximum Gasteiger partial charge on any atom is 1.00 e. The predicted molar refractivity (Wildman–Crippen MR) is 265 cm³/mol. The third-order valence-electron chi connectivity index (χ3n) is 9.98. The zero-order chi connectivity index (χ0) is 55.9. The number of aromatic nitrogens is 6. The Hall–Kier alpha value is -1.53. The zero-order valence-electron chi connectivity index (χ0n) is 44.3. The summed E-state index contributed by atoms with van der Waals surface area (Å²) in [6, 6.07) is 14.6. The molecule has 41 heteroatoms. The van der Waals surface area contributed by atoms with E-state index in [1.807, 2.05) is 0 Å².